The van der Waals surface area contributed by atoms with E-state index in [-0.39, 0.29) is 63.2 Å². The van der Waals surface area contributed by atoms with E-state index in [1.165, 1.54) is 0 Å². The molecular weight excluding hydrogens is 1470 g/mol. The van der Waals surface area contributed by atoms with E-state index in [1.807, 2.05) is 250 Å². The third kappa shape index (κ3) is 21.7. The minimum atomic E-state index is -3.91. The summed E-state index contributed by atoms with van der Waals surface area (Å²) in [4.78, 5) is 103. The van der Waals surface area contributed by atoms with Gasteiger partial charge in [-0.25, -0.2) is 0 Å². The van der Waals surface area contributed by atoms with Crippen molar-refractivity contribution in [2.45, 2.75) is 94.6 Å². The molecule has 23 heteroatoms. The summed E-state index contributed by atoms with van der Waals surface area (Å²) < 4.78 is 0. The average Bonchev–Trinajstić information content (AvgIpc) is 3.33. The van der Waals surface area contributed by atoms with Gasteiger partial charge in [0.05, 0.1) is 0 Å². The molecule has 0 fully saturated rings. The second kappa shape index (κ2) is 34.4. The van der Waals surface area contributed by atoms with E-state index in [0.29, 0.717) is 0 Å². The number of aryl methyl sites for hydroxylation is 8. The van der Waals surface area contributed by atoms with Gasteiger partial charge in [0, 0.05) is 39.2 Å². The molecule has 0 unspecified atom stereocenters. The SMILES string of the molecule is Cc1ccccc1S(c1ccccc1C)=P([O-])([O-])[S-].Cc1ccccc1S(c1ccccc1C)=P([O-])([O-])[S-].Cc1ccccc1S(c1ccccc1C)=P([O-])([O-])[S-].Cc1ccccc1S(c1ccccc1C)=P([O-])([O-])[S-].[Mo+4].[Mo+4].[Mo+4]. The van der Waals surface area contributed by atoms with Gasteiger partial charge in [0.25, 0.3) is 0 Å². The van der Waals surface area contributed by atoms with Crippen LogP contribution in [0, 0.1) is 55.4 Å². The maximum Gasteiger partial charge on any atom is 4.00 e. The zero-order valence-corrected chi connectivity index (χ0v) is 60.2. The molecule has 0 N–H and O–H groups in total. The molecule has 0 saturated carbocycles. The molecule has 0 amide bonds. The largest absolute Gasteiger partial charge is 4.00 e. The minimum absolute atomic E-state index is 0. The molecule has 8 nitrogen and oxygen atoms in total. The Morgan fingerprint density at radius 3 is 0.380 bits per heavy atom. The molecule has 8 aromatic carbocycles. The maximum absolute atomic E-state index is 12.1. The molecule has 0 atom stereocenters. The van der Waals surface area contributed by atoms with Crippen molar-refractivity contribution in [2.24, 2.45) is 0 Å². The first-order valence-corrected chi connectivity index (χ1v) is 41.0. The number of benzene rings is 8. The first kappa shape index (κ1) is 75.1. The fourth-order valence-corrected chi connectivity index (χ4v) is 31.6. The predicted octanol–water partition coefficient (Wildman–Crippen LogP) is 9.13. The van der Waals surface area contributed by atoms with Crippen molar-refractivity contribution in [1.29, 1.82) is 0 Å². The standard InChI is InChI=1S/4C14H14O2PS2.3Mo/c4*1-11-7-3-5-9-13(11)19(17(15,16)18)14-10-6-4-8-12(14)2;;;/h4*3-10H,1-2H3;;;/q4*-3;3*+4. The molecule has 0 aliphatic heterocycles. The maximum atomic E-state index is 12.1. The molecule has 0 aliphatic rings. The third-order valence-corrected chi connectivity index (χ3v) is 35.5. The quantitative estimate of drug-likeness (QED) is 0.0800. The summed E-state index contributed by atoms with van der Waals surface area (Å²) in [5.74, 6) is 0. The molecule has 79 heavy (non-hydrogen) atoms. The summed E-state index contributed by atoms with van der Waals surface area (Å²) in [6, 6.07) is 60.1. The summed E-state index contributed by atoms with van der Waals surface area (Å²) in [5, 5.41) is 0. The van der Waals surface area contributed by atoms with Gasteiger partial charge in [-0.2, -0.15) is 40.3 Å². The van der Waals surface area contributed by atoms with Crippen molar-refractivity contribution in [3.63, 3.8) is 0 Å². The van der Waals surface area contributed by atoms with Crippen LogP contribution in [0.1, 0.15) is 44.5 Å². The third-order valence-electron chi connectivity index (χ3n) is 11.3. The van der Waals surface area contributed by atoms with Crippen molar-refractivity contribution >= 4 is 112 Å². The zero-order valence-electron chi connectivity index (χ0n) is 44.0. The molecule has 0 radical (unpaired) electrons. The van der Waals surface area contributed by atoms with Crippen LogP contribution < -0.4 is 39.1 Å². The monoisotopic (exact) mass is 1530 g/mol. The molecule has 8 aromatic rings. The predicted molar refractivity (Wildman–Crippen MR) is 322 cm³/mol. The van der Waals surface area contributed by atoms with E-state index in [1.54, 1.807) is 0 Å². The summed E-state index contributed by atoms with van der Waals surface area (Å²) in [6.07, 6.45) is 0. The van der Waals surface area contributed by atoms with Crippen molar-refractivity contribution < 1.29 is 102 Å². The smallest absolute Gasteiger partial charge is 0.853 e. The Kier molecular flexibility index (Phi) is 32.7. The van der Waals surface area contributed by atoms with Gasteiger partial charge < -0.3 is 111 Å². The van der Waals surface area contributed by atoms with Crippen LogP contribution in [-0.2, 0) is 152 Å². The Bertz CT molecular complexity index is 2910. The second-order valence-electron chi connectivity index (χ2n) is 17.1. The fraction of sp³-hybridized carbons (Fsp3) is 0.143. The van der Waals surface area contributed by atoms with Crippen LogP contribution in [0.4, 0.5) is 0 Å². The summed E-state index contributed by atoms with van der Waals surface area (Å²) in [7, 11) is -4.31. The fourth-order valence-electron chi connectivity index (χ4n) is 7.62. The van der Waals surface area contributed by atoms with Gasteiger partial charge >= 0.3 is 63.2 Å². The van der Waals surface area contributed by atoms with Crippen molar-refractivity contribution in [2.75, 3.05) is 0 Å². The molecule has 8 rings (SSSR count). The summed E-state index contributed by atoms with van der Waals surface area (Å²) in [5.41, 5.74) is -8.02. The second-order valence-corrected chi connectivity index (χ2v) is 45.1. The first-order chi connectivity index (χ1) is 35.6. The minimum Gasteiger partial charge on any atom is -0.853 e. The number of hydrogen-bond acceptors (Lipinski definition) is 12. The van der Waals surface area contributed by atoms with Crippen LogP contribution in [0.15, 0.2) is 233 Å². The Balaban J connectivity index is 0.000000356. The van der Waals surface area contributed by atoms with Gasteiger partial charge in [-0.1, -0.05) is 146 Å². The van der Waals surface area contributed by atoms with Crippen molar-refractivity contribution in [3.05, 3.63) is 239 Å². The van der Waals surface area contributed by atoms with Crippen LogP contribution in [0.2, 0.25) is 0 Å². The summed E-state index contributed by atoms with van der Waals surface area (Å²) >= 11 is 19.2. The van der Waals surface area contributed by atoms with Gasteiger partial charge in [0.15, 0.2) is 0 Å². The molecule has 0 bridgehead atoms. The van der Waals surface area contributed by atoms with E-state index >= 15 is 0 Å². The topological polar surface area (TPSA) is 184 Å². The van der Waals surface area contributed by atoms with E-state index in [0.717, 1.165) is 83.7 Å². The van der Waals surface area contributed by atoms with Crippen molar-refractivity contribution in [1.82, 2.24) is 0 Å². The molecule has 0 aromatic heterocycles. The van der Waals surface area contributed by atoms with Crippen LogP contribution in [0.5, 0.6) is 0 Å². The van der Waals surface area contributed by atoms with Crippen molar-refractivity contribution in [3.8, 4) is 0 Å². The Morgan fingerprint density at radius 1 is 0.215 bits per heavy atom. The van der Waals surface area contributed by atoms with E-state index in [9.17, 15) is 39.1 Å². The average molecular weight is 1530 g/mol. The van der Waals surface area contributed by atoms with Crippen LogP contribution in [0.3, 0.4) is 0 Å². The molecular formula is C56H56Mo3O8P4S8. The molecule has 414 valence electrons. The van der Waals surface area contributed by atoms with Gasteiger partial charge in [-0.05, 0) is 148 Å². The Hall–Kier alpha value is 0.0249. The molecule has 0 aliphatic carbocycles. The first-order valence-electron chi connectivity index (χ1n) is 23.2. The normalized spacial score (nSPS) is 11.4. The molecule has 0 spiro atoms. The summed E-state index contributed by atoms with van der Waals surface area (Å²) in [6.45, 7) is 15.3. The molecule has 0 saturated heterocycles. The van der Waals surface area contributed by atoms with Gasteiger partial charge in [0.1, 0.15) is 0 Å². The molecule has 0 heterocycles. The van der Waals surface area contributed by atoms with Crippen LogP contribution in [-0.4, -0.2) is 0 Å². The Morgan fingerprint density at radius 2 is 0.304 bits per heavy atom. The van der Waals surface area contributed by atoms with Gasteiger partial charge in [-0.3, -0.25) is 0 Å². The van der Waals surface area contributed by atoms with E-state index < -0.39 is 63.1 Å². The van der Waals surface area contributed by atoms with E-state index in [2.05, 4.69) is 0 Å². The van der Waals surface area contributed by atoms with Crippen LogP contribution in [0.25, 0.3) is 0 Å². The van der Waals surface area contributed by atoms with E-state index in [4.69, 9.17) is 49.0 Å². The zero-order chi connectivity index (χ0) is 56.2. The number of hydrogen-bond donors (Lipinski definition) is 0. The van der Waals surface area contributed by atoms with Gasteiger partial charge in [-0.15, -0.1) is 0 Å². The number of rotatable bonds is 8. The Labute approximate surface area is 541 Å². The van der Waals surface area contributed by atoms with Gasteiger partial charge in [0.2, 0.25) is 0 Å². The van der Waals surface area contributed by atoms with Crippen LogP contribution >= 0.6 is 22.8 Å².